The lowest BCUT2D eigenvalue weighted by molar-refractivity contribution is -0.146. The molecule has 0 spiro atoms. The Morgan fingerprint density at radius 3 is 2.23 bits per heavy atom. The number of hydrogen-bond donors (Lipinski definition) is 3. The van der Waals surface area contributed by atoms with E-state index in [4.69, 9.17) is 9.47 Å². The number of phenols is 1. The minimum atomic E-state index is -1.08. The molecule has 0 bridgehead atoms. The third-order valence-corrected chi connectivity index (χ3v) is 6.01. The van der Waals surface area contributed by atoms with Gasteiger partial charge in [0.1, 0.15) is 23.4 Å². The third kappa shape index (κ3) is 11.1. The maximum atomic E-state index is 14.2. The summed E-state index contributed by atoms with van der Waals surface area (Å²) in [6.07, 6.45) is 0.128. The first-order chi connectivity index (χ1) is 18.1. The van der Waals surface area contributed by atoms with E-state index < -0.39 is 41.6 Å². The number of aryl methyl sites for hydroxylation is 1. The van der Waals surface area contributed by atoms with Crippen LogP contribution in [0.1, 0.15) is 91.8 Å². The van der Waals surface area contributed by atoms with Crippen LogP contribution in [0.15, 0.2) is 18.2 Å². The summed E-state index contributed by atoms with van der Waals surface area (Å²) in [7, 11) is 0. The van der Waals surface area contributed by atoms with Gasteiger partial charge in [-0.3, -0.25) is 14.4 Å². The van der Waals surface area contributed by atoms with Crippen LogP contribution in [0.4, 0.5) is 4.79 Å². The number of nitrogens with one attached hydrogen (secondary N) is 2. The Morgan fingerprint density at radius 1 is 1.08 bits per heavy atom. The predicted molar refractivity (Wildman–Crippen MR) is 149 cm³/mol. The quantitative estimate of drug-likeness (QED) is 0.311. The third-order valence-electron chi connectivity index (χ3n) is 6.01. The zero-order chi connectivity index (χ0) is 29.9. The summed E-state index contributed by atoms with van der Waals surface area (Å²) in [5, 5.41) is 15.6. The number of carbonyl (C=O) groups is 4. The number of phenolic OH excluding ortho intramolecular Hbond substituents is 1. The molecule has 3 unspecified atom stereocenters. The van der Waals surface area contributed by atoms with Crippen molar-refractivity contribution in [2.75, 3.05) is 13.2 Å². The average molecular weight is 550 g/mol. The first kappa shape index (κ1) is 33.7. The maximum Gasteiger partial charge on any atom is 0.408 e. The van der Waals surface area contributed by atoms with E-state index in [1.165, 1.54) is 11.0 Å². The maximum absolute atomic E-state index is 14.2. The van der Waals surface area contributed by atoms with Gasteiger partial charge in [0.15, 0.2) is 0 Å². The molecule has 1 aromatic carbocycles. The van der Waals surface area contributed by atoms with E-state index in [9.17, 15) is 24.3 Å². The van der Waals surface area contributed by atoms with Crippen LogP contribution in [0.5, 0.6) is 5.75 Å². The van der Waals surface area contributed by atoms with Crippen molar-refractivity contribution in [2.24, 2.45) is 5.92 Å². The Balaban J connectivity index is 3.50. The topological polar surface area (TPSA) is 134 Å². The molecule has 0 saturated heterocycles. The molecule has 220 valence electrons. The Labute approximate surface area is 232 Å². The molecule has 0 aliphatic rings. The predicted octanol–water partition coefficient (Wildman–Crippen LogP) is 4.38. The molecule has 0 aromatic heterocycles. The molecule has 10 nitrogen and oxygen atoms in total. The number of hydrogen-bond acceptors (Lipinski definition) is 7. The second-order valence-corrected chi connectivity index (χ2v) is 11.1. The fourth-order valence-electron chi connectivity index (χ4n) is 4.02. The highest BCUT2D eigenvalue weighted by Crippen LogP contribution is 2.30. The zero-order valence-electron chi connectivity index (χ0n) is 24.9. The molecule has 0 aliphatic heterocycles. The molecule has 0 radical (unpaired) electrons. The normalized spacial score (nSPS) is 13.7. The number of rotatable bonds is 13. The first-order valence-electron chi connectivity index (χ1n) is 13.7. The van der Waals surface area contributed by atoms with Gasteiger partial charge in [-0.1, -0.05) is 26.8 Å². The van der Waals surface area contributed by atoms with Crippen molar-refractivity contribution >= 4 is 23.9 Å². The number of ether oxygens (including phenoxy) is 2. The van der Waals surface area contributed by atoms with Crippen LogP contribution in [0.2, 0.25) is 0 Å². The van der Waals surface area contributed by atoms with Gasteiger partial charge in [-0.2, -0.15) is 0 Å². The minimum absolute atomic E-state index is 0.0195. The van der Waals surface area contributed by atoms with E-state index in [2.05, 4.69) is 10.6 Å². The van der Waals surface area contributed by atoms with Crippen molar-refractivity contribution in [1.29, 1.82) is 0 Å². The largest absolute Gasteiger partial charge is 0.508 e. The highest BCUT2D eigenvalue weighted by Gasteiger charge is 2.38. The molecule has 0 saturated carbocycles. The molecule has 1 rings (SSSR count). The molecule has 3 atom stereocenters. The lowest BCUT2D eigenvalue weighted by Gasteiger charge is -2.38. The van der Waals surface area contributed by atoms with E-state index in [-0.39, 0.29) is 37.3 Å². The van der Waals surface area contributed by atoms with Crippen LogP contribution in [0.25, 0.3) is 0 Å². The number of amides is 3. The summed E-state index contributed by atoms with van der Waals surface area (Å²) in [6.45, 7) is 16.5. The van der Waals surface area contributed by atoms with Crippen molar-refractivity contribution in [3.8, 4) is 5.75 Å². The lowest BCUT2D eigenvalue weighted by atomic mass is 9.96. The molecule has 0 heterocycles. The standard InChI is InChI=1S/C29H47N3O7/c1-10-20(6)32(27(36)22(16-18(3)4)31-28(37)39-29(7,8)9)25(21-12-13-23(33)19(5)17-21)26(35)30-15-14-24(34)38-11-2/h12-13,17-18,20,22,25,33H,10-11,14-16H2,1-9H3,(H,30,35)(H,31,37). The zero-order valence-corrected chi connectivity index (χ0v) is 24.9. The summed E-state index contributed by atoms with van der Waals surface area (Å²) in [6, 6.07) is 2.33. The molecular weight excluding hydrogens is 502 g/mol. The van der Waals surface area contributed by atoms with Crippen LogP contribution in [-0.2, 0) is 23.9 Å². The van der Waals surface area contributed by atoms with Gasteiger partial charge in [0.05, 0.1) is 13.0 Å². The molecule has 0 aliphatic carbocycles. The number of benzene rings is 1. The number of nitrogens with zero attached hydrogens (tertiary/aromatic N) is 1. The number of aromatic hydroxyl groups is 1. The fraction of sp³-hybridized carbons (Fsp3) is 0.655. The molecule has 3 amide bonds. The van der Waals surface area contributed by atoms with E-state index in [0.29, 0.717) is 24.0 Å². The van der Waals surface area contributed by atoms with Gasteiger partial charge in [-0.15, -0.1) is 0 Å². The number of carbonyl (C=O) groups excluding carboxylic acids is 4. The number of esters is 1. The van der Waals surface area contributed by atoms with Crippen LogP contribution >= 0.6 is 0 Å². The molecular formula is C29H47N3O7. The van der Waals surface area contributed by atoms with Gasteiger partial charge in [0.25, 0.3) is 0 Å². The Morgan fingerprint density at radius 2 is 1.72 bits per heavy atom. The van der Waals surface area contributed by atoms with Crippen molar-refractivity contribution in [3.05, 3.63) is 29.3 Å². The van der Waals surface area contributed by atoms with Crippen LogP contribution in [0, 0.1) is 12.8 Å². The van der Waals surface area contributed by atoms with Gasteiger partial charge < -0.3 is 30.1 Å². The van der Waals surface area contributed by atoms with E-state index in [1.54, 1.807) is 46.8 Å². The molecule has 0 fully saturated rings. The van der Waals surface area contributed by atoms with Gasteiger partial charge in [0.2, 0.25) is 11.8 Å². The van der Waals surface area contributed by atoms with E-state index in [1.807, 2.05) is 27.7 Å². The smallest absolute Gasteiger partial charge is 0.408 e. The van der Waals surface area contributed by atoms with Crippen molar-refractivity contribution in [1.82, 2.24) is 15.5 Å². The Bertz CT molecular complexity index is 988. The molecule has 3 N–H and O–H groups in total. The lowest BCUT2D eigenvalue weighted by Crippen LogP contribution is -2.55. The molecule has 39 heavy (non-hydrogen) atoms. The van der Waals surface area contributed by atoms with Crippen LogP contribution in [-0.4, -0.2) is 64.7 Å². The van der Waals surface area contributed by atoms with Crippen molar-refractivity contribution in [3.63, 3.8) is 0 Å². The Hall–Kier alpha value is -3.30. The summed E-state index contributed by atoms with van der Waals surface area (Å²) in [5.41, 5.74) is 0.281. The van der Waals surface area contributed by atoms with Gasteiger partial charge >= 0.3 is 12.1 Å². The minimum Gasteiger partial charge on any atom is -0.508 e. The van der Waals surface area contributed by atoms with Gasteiger partial charge in [-0.05, 0) is 83.6 Å². The SMILES string of the molecule is CCOC(=O)CCNC(=O)C(c1ccc(O)c(C)c1)N(C(=O)C(CC(C)C)NC(=O)OC(C)(C)C)C(C)CC. The van der Waals surface area contributed by atoms with Crippen molar-refractivity contribution < 1.29 is 33.8 Å². The summed E-state index contributed by atoms with van der Waals surface area (Å²) in [4.78, 5) is 53.8. The highest BCUT2D eigenvalue weighted by atomic mass is 16.6. The van der Waals surface area contributed by atoms with Gasteiger partial charge in [0, 0.05) is 12.6 Å². The first-order valence-corrected chi connectivity index (χ1v) is 13.7. The molecule has 10 heteroatoms. The summed E-state index contributed by atoms with van der Waals surface area (Å²) in [5.74, 6) is -1.24. The van der Waals surface area contributed by atoms with Crippen molar-refractivity contribution in [2.45, 2.75) is 105 Å². The molecule has 1 aromatic rings. The summed E-state index contributed by atoms with van der Waals surface area (Å²) < 4.78 is 10.4. The van der Waals surface area contributed by atoms with E-state index >= 15 is 0 Å². The highest BCUT2D eigenvalue weighted by molar-refractivity contribution is 5.92. The fourth-order valence-corrected chi connectivity index (χ4v) is 4.02. The van der Waals surface area contributed by atoms with Gasteiger partial charge in [-0.25, -0.2) is 4.79 Å². The second-order valence-electron chi connectivity index (χ2n) is 11.1. The average Bonchev–Trinajstić information content (AvgIpc) is 2.81. The number of alkyl carbamates (subject to hydrolysis) is 1. The second kappa shape index (κ2) is 15.3. The monoisotopic (exact) mass is 549 g/mol. The van der Waals surface area contributed by atoms with E-state index in [0.717, 1.165) is 0 Å². The van der Waals surface area contributed by atoms with Crippen LogP contribution < -0.4 is 10.6 Å². The summed E-state index contributed by atoms with van der Waals surface area (Å²) >= 11 is 0. The van der Waals surface area contributed by atoms with Crippen LogP contribution in [0.3, 0.4) is 0 Å². The Kier molecular flexibility index (Phi) is 13.3.